The highest BCUT2D eigenvalue weighted by molar-refractivity contribution is 7.10. The quantitative estimate of drug-likeness (QED) is 0.676. The minimum absolute atomic E-state index is 0.114. The Morgan fingerprint density at radius 3 is 3.00 bits per heavy atom. The van der Waals surface area contributed by atoms with Gasteiger partial charge in [-0.3, -0.25) is 4.79 Å². The van der Waals surface area contributed by atoms with E-state index < -0.39 is 5.97 Å². The molecular weight excluding hydrogens is 190 g/mol. The summed E-state index contributed by atoms with van der Waals surface area (Å²) in [5.41, 5.74) is 0.560. The average molecular weight is 197 g/mol. The van der Waals surface area contributed by atoms with E-state index in [9.17, 15) is 4.79 Å². The standard InChI is InChI=1S/C8H7NO3S/c10-4-6-5-13-7(9-6)2-1-3-8(11)12/h5,10H,3-4H2,(H,11,12). The van der Waals surface area contributed by atoms with Gasteiger partial charge in [0.2, 0.25) is 0 Å². The van der Waals surface area contributed by atoms with Gasteiger partial charge in [-0.15, -0.1) is 11.3 Å². The van der Waals surface area contributed by atoms with Crippen LogP contribution in [0, 0.1) is 11.8 Å². The number of aliphatic hydroxyl groups is 1. The number of carboxylic acids is 1. The first-order chi connectivity index (χ1) is 6.22. The zero-order valence-electron chi connectivity index (χ0n) is 6.65. The second-order valence-electron chi connectivity index (χ2n) is 2.17. The summed E-state index contributed by atoms with van der Waals surface area (Å²) in [7, 11) is 0. The zero-order chi connectivity index (χ0) is 9.68. The van der Waals surface area contributed by atoms with E-state index in [0.717, 1.165) is 0 Å². The highest BCUT2D eigenvalue weighted by atomic mass is 32.1. The molecule has 0 saturated heterocycles. The maximum absolute atomic E-state index is 10.1. The number of aliphatic carboxylic acids is 1. The fraction of sp³-hybridized carbons (Fsp3) is 0.250. The van der Waals surface area contributed by atoms with Crippen molar-refractivity contribution in [1.82, 2.24) is 4.98 Å². The monoisotopic (exact) mass is 197 g/mol. The molecule has 0 unspecified atom stereocenters. The van der Waals surface area contributed by atoms with Crippen LogP contribution in [0.4, 0.5) is 0 Å². The molecule has 4 nitrogen and oxygen atoms in total. The lowest BCUT2D eigenvalue weighted by Gasteiger charge is -1.80. The molecule has 0 aliphatic carbocycles. The van der Waals surface area contributed by atoms with E-state index in [1.165, 1.54) is 11.3 Å². The molecule has 0 radical (unpaired) electrons. The number of carboxylic acid groups (broad SMARTS) is 1. The fourth-order valence-electron chi connectivity index (χ4n) is 0.632. The Kier molecular flexibility index (Phi) is 3.43. The van der Waals surface area contributed by atoms with E-state index in [2.05, 4.69) is 16.8 Å². The van der Waals surface area contributed by atoms with Crippen molar-refractivity contribution in [1.29, 1.82) is 0 Å². The molecular formula is C8H7NO3S. The predicted octanol–water partition coefficient (Wildman–Crippen LogP) is 0.462. The van der Waals surface area contributed by atoms with Crippen LogP contribution in [0.3, 0.4) is 0 Å². The summed E-state index contributed by atoms with van der Waals surface area (Å²) in [6, 6.07) is 0. The van der Waals surface area contributed by atoms with Gasteiger partial charge in [0, 0.05) is 5.38 Å². The Hall–Kier alpha value is -1.38. The molecule has 1 rings (SSSR count). The van der Waals surface area contributed by atoms with Crippen molar-refractivity contribution >= 4 is 17.3 Å². The van der Waals surface area contributed by atoms with E-state index in [-0.39, 0.29) is 13.0 Å². The molecule has 0 bridgehead atoms. The molecule has 1 heterocycles. The molecule has 0 aliphatic heterocycles. The van der Waals surface area contributed by atoms with Crippen LogP contribution in [0.15, 0.2) is 5.38 Å². The van der Waals surface area contributed by atoms with Crippen LogP contribution in [0.5, 0.6) is 0 Å². The van der Waals surface area contributed by atoms with Crippen LogP contribution in [0.1, 0.15) is 17.1 Å². The maximum atomic E-state index is 10.1. The molecule has 0 saturated carbocycles. The largest absolute Gasteiger partial charge is 0.481 e. The van der Waals surface area contributed by atoms with Crippen LogP contribution in [-0.4, -0.2) is 21.2 Å². The summed E-state index contributed by atoms with van der Waals surface area (Å²) < 4.78 is 0. The van der Waals surface area contributed by atoms with Crippen LogP contribution < -0.4 is 0 Å². The van der Waals surface area contributed by atoms with E-state index in [4.69, 9.17) is 10.2 Å². The summed E-state index contributed by atoms with van der Waals surface area (Å²) in [5.74, 6) is 4.10. The minimum atomic E-state index is -0.952. The summed E-state index contributed by atoms with van der Waals surface area (Å²) in [4.78, 5) is 14.0. The number of thiazole rings is 1. The van der Waals surface area contributed by atoms with Crippen LogP contribution in [0.25, 0.3) is 0 Å². The van der Waals surface area contributed by atoms with Gasteiger partial charge in [-0.1, -0.05) is 5.92 Å². The van der Waals surface area contributed by atoms with Gasteiger partial charge in [-0.05, 0) is 5.92 Å². The molecule has 0 atom stereocenters. The Morgan fingerprint density at radius 2 is 2.46 bits per heavy atom. The average Bonchev–Trinajstić information content (AvgIpc) is 2.52. The third kappa shape index (κ3) is 3.23. The first-order valence-corrected chi connectivity index (χ1v) is 4.36. The second kappa shape index (κ2) is 4.60. The van der Waals surface area contributed by atoms with Crippen molar-refractivity contribution in [2.45, 2.75) is 13.0 Å². The molecule has 0 amide bonds. The predicted molar refractivity (Wildman–Crippen MR) is 47.2 cm³/mol. The van der Waals surface area contributed by atoms with Crippen molar-refractivity contribution in [2.75, 3.05) is 0 Å². The van der Waals surface area contributed by atoms with Gasteiger partial charge < -0.3 is 10.2 Å². The smallest absolute Gasteiger partial charge is 0.315 e. The van der Waals surface area contributed by atoms with Crippen LogP contribution >= 0.6 is 11.3 Å². The molecule has 68 valence electrons. The van der Waals surface area contributed by atoms with Crippen molar-refractivity contribution in [3.63, 3.8) is 0 Å². The Bertz CT molecular complexity index is 361. The molecule has 0 spiro atoms. The SMILES string of the molecule is O=C(O)CC#Cc1nc(CO)cs1. The van der Waals surface area contributed by atoms with E-state index in [1.54, 1.807) is 5.38 Å². The van der Waals surface area contributed by atoms with E-state index in [1.807, 2.05) is 0 Å². The molecule has 0 aromatic carbocycles. The summed E-state index contributed by atoms with van der Waals surface area (Å²) >= 11 is 1.29. The summed E-state index contributed by atoms with van der Waals surface area (Å²) in [6.07, 6.45) is -0.186. The van der Waals surface area contributed by atoms with Crippen molar-refractivity contribution in [3.8, 4) is 11.8 Å². The first-order valence-electron chi connectivity index (χ1n) is 3.48. The highest BCUT2D eigenvalue weighted by Gasteiger charge is 1.96. The fourth-order valence-corrected chi connectivity index (χ4v) is 1.31. The lowest BCUT2D eigenvalue weighted by molar-refractivity contribution is -0.135. The molecule has 0 fully saturated rings. The lowest BCUT2D eigenvalue weighted by atomic mass is 10.4. The molecule has 5 heteroatoms. The molecule has 0 aliphatic rings. The minimum Gasteiger partial charge on any atom is -0.481 e. The normalized spacial score (nSPS) is 9.00. The molecule has 13 heavy (non-hydrogen) atoms. The highest BCUT2D eigenvalue weighted by Crippen LogP contribution is 2.07. The Morgan fingerprint density at radius 1 is 1.69 bits per heavy atom. The van der Waals surface area contributed by atoms with Crippen LogP contribution in [0.2, 0.25) is 0 Å². The number of aliphatic hydroxyl groups excluding tert-OH is 1. The summed E-state index contributed by atoms with van der Waals surface area (Å²) in [6.45, 7) is -0.114. The number of hydrogen-bond acceptors (Lipinski definition) is 4. The first kappa shape index (κ1) is 9.71. The lowest BCUT2D eigenvalue weighted by Crippen LogP contribution is -1.90. The van der Waals surface area contributed by atoms with Gasteiger partial charge in [0.05, 0.1) is 12.3 Å². The van der Waals surface area contributed by atoms with Gasteiger partial charge in [0.25, 0.3) is 0 Å². The topological polar surface area (TPSA) is 70.4 Å². The third-order valence-electron chi connectivity index (χ3n) is 1.15. The van der Waals surface area contributed by atoms with Gasteiger partial charge in [0.15, 0.2) is 5.01 Å². The van der Waals surface area contributed by atoms with Gasteiger partial charge in [-0.2, -0.15) is 0 Å². The number of aromatic nitrogens is 1. The Labute approximate surface area is 78.9 Å². The molecule has 2 N–H and O–H groups in total. The Balaban J connectivity index is 2.61. The number of carbonyl (C=O) groups is 1. The van der Waals surface area contributed by atoms with Gasteiger partial charge >= 0.3 is 5.97 Å². The maximum Gasteiger partial charge on any atom is 0.315 e. The number of hydrogen-bond donors (Lipinski definition) is 2. The van der Waals surface area contributed by atoms with Crippen molar-refractivity contribution < 1.29 is 15.0 Å². The molecule has 1 aromatic rings. The molecule has 1 aromatic heterocycles. The second-order valence-corrected chi connectivity index (χ2v) is 3.03. The van der Waals surface area contributed by atoms with Crippen LogP contribution in [-0.2, 0) is 11.4 Å². The van der Waals surface area contributed by atoms with Crippen molar-refractivity contribution in [2.24, 2.45) is 0 Å². The third-order valence-corrected chi connectivity index (χ3v) is 1.96. The van der Waals surface area contributed by atoms with E-state index in [0.29, 0.717) is 10.7 Å². The number of rotatable bonds is 2. The van der Waals surface area contributed by atoms with Crippen molar-refractivity contribution in [3.05, 3.63) is 16.1 Å². The number of nitrogens with zero attached hydrogens (tertiary/aromatic N) is 1. The summed E-state index contributed by atoms with van der Waals surface area (Å²) in [5, 5.41) is 19.2. The van der Waals surface area contributed by atoms with Gasteiger partial charge in [-0.25, -0.2) is 4.98 Å². The zero-order valence-corrected chi connectivity index (χ0v) is 7.47. The van der Waals surface area contributed by atoms with E-state index >= 15 is 0 Å². The van der Waals surface area contributed by atoms with Gasteiger partial charge in [0.1, 0.15) is 6.42 Å².